The molecule has 0 saturated heterocycles. The largest absolute Gasteiger partial charge is 0.481 e. The second-order valence-corrected chi connectivity index (χ2v) is 6.43. The van der Waals surface area contributed by atoms with E-state index in [4.69, 9.17) is 9.84 Å². The first-order valence-corrected chi connectivity index (χ1v) is 6.08. The molecule has 0 aromatic rings. The van der Waals surface area contributed by atoms with Crippen LogP contribution in [0.1, 0.15) is 48.0 Å². The molecule has 1 atom stereocenters. The number of carbonyl (C=O) groups is 3. The zero-order valence-corrected chi connectivity index (χ0v) is 12.4. The number of esters is 1. The monoisotopic (exact) mass is 273 g/mol. The van der Waals surface area contributed by atoms with E-state index in [0.717, 1.165) is 0 Å². The lowest BCUT2D eigenvalue weighted by atomic mass is 10.0. The highest BCUT2D eigenvalue weighted by Gasteiger charge is 2.33. The van der Waals surface area contributed by atoms with E-state index in [0.29, 0.717) is 0 Å². The number of amides is 1. The molecule has 0 aliphatic rings. The molecule has 1 unspecified atom stereocenters. The van der Waals surface area contributed by atoms with Gasteiger partial charge in [0.2, 0.25) is 5.91 Å². The average Bonchev–Trinajstić information content (AvgIpc) is 2.07. The van der Waals surface area contributed by atoms with Gasteiger partial charge in [0, 0.05) is 5.54 Å². The lowest BCUT2D eigenvalue weighted by Crippen LogP contribution is -2.43. The van der Waals surface area contributed by atoms with Crippen LogP contribution in [0.4, 0.5) is 0 Å². The summed E-state index contributed by atoms with van der Waals surface area (Å²) in [4.78, 5) is 34.4. The quantitative estimate of drug-likeness (QED) is 0.595. The van der Waals surface area contributed by atoms with Crippen LogP contribution < -0.4 is 5.32 Å². The van der Waals surface area contributed by atoms with Gasteiger partial charge in [-0.3, -0.25) is 14.4 Å². The van der Waals surface area contributed by atoms with Crippen molar-refractivity contribution in [2.75, 3.05) is 0 Å². The predicted molar refractivity (Wildman–Crippen MR) is 69.5 cm³/mol. The van der Waals surface area contributed by atoms with Gasteiger partial charge in [0.05, 0.1) is 6.42 Å². The van der Waals surface area contributed by atoms with Crippen LogP contribution in [0.5, 0.6) is 0 Å². The molecule has 0 saturated carbocycles. The van der Waals surface area contributed by atoms with Crippen molar-refractivity contribution in [2.45, 2.75) is 59.1 Å². The molecular weight excluding hydrogens is 250 g/mol. The van der Waals surface area contributed by atoms with Gasteiger partial charge in [-0.15, -0.1) is 0 Å². The maximum Gasteiger partial charge on any atom is 0.321 e. The van der Waals surface area contributed by atoms with Crippen molar-refractivity contribution in [1.29, 1.82) is 0 Å². The van der Waals surface area contributed by atoms with Crippen LogP contribution in [-0.2, 0) is 19.1 Å². The second-order valence-electron chi connectivity index (χ2n) is 6.43. The maximum atomic E-state index is 11.7. The molecule has 0 bridgehead atoms. The van der Waals surface area contributed by atoms with Gasteiger partial charge >= 0.3 is 11.9 Å². The number of hydrogen-bond donors (Lipinski definition) is 2. The highest BCUT2D eigenvalue weighted by Crippen LogP contribution is 2.15. The Kier molecular flexibility index (Phi) is 5.53. The van der Waals surface area contributed by atoms with Crippen molar-refractivity contribution >= 4 is 17.8 Å². The van der Waals surface area contributed by atoms with Crippen LogP contribution in [0.2, 0.25) is 0 Å². The summed E-state index contributed by atoms with van der Waals surface area (Å²) in [6, 6.07) is 0. The number of ether oxygens (including phenoxy) is 1. The molecule has 2 N–H and O–H groups in total. The Morgan fingerprint density at radius 2 is 1.58 bits per heavy atom. The number of carboxylic acids is 1. The first-order chi connectivity index (χ1) is 8.32. The fourth-order valence-electron chi connectivity index (χ4n) is 1.30. The van der Waals surface area contributed by atoms with E-state index in [1.54, 1.807) is 41.5 Å². The molecule has 0 spiro atoms. The minimum atomic E-state index is -1.48. The summed E-state index contributed by atoms with van der Waals surface area (Å²) in [6.45, 7) is 10.2. The van der Waals surface area contributed by atoms with Crippen LogP contribution in [0.25, 0.3) is 0 Å². The van der Waals surface area contributed by atoms with Gasteiger partial charge in [-0.05, 0) is 41.5 Å². The Morgan fingerprint density at radius 3 is 1.89 bits per heavy atom. The molecule has 0 rings (SSSR count). The highest BCUT2D eigenvalue weighted by atomic mass is 16.6. The van der Waals surface area contributed by atoms with Gasteiger partial charge in [-0.25, -0.2) is 0 Å². The lowest BCUT2D eigenvalue weighted by Gasteiger charge is -2.24. The van der Waals surface area contributed by atoms with Gasteiger partial charge in [-0.2, -0.15) is 0 Å². The second kappa shape index (κ2) is 6.04. The zero-order chi connectivity index (χ0) is 15.4. The molecule has 6 nitrogen and oxygen atoms in total. The van der Waals surface area contributed by atoms with Crippen molar-refractivity contribution in [3.63, 3.8) is 0 Å². The number of rotatable bonds is 4. The molecule has 1 amide bonds. The summed E-state index contributed by atoms with van der Waals surface area (Å²) < 4.78 is 4.99. The van der Waals surface area contributed by atoms with Gasteiger partial charge < -0.3 is 15.2 Å². The van der Waals surface area contributed by atoms with Crippen LogP contribution in [0, 0.1) is 5.92 Å². The van der Waals surface area contributed by atoms with E-state index < -0.39 is 41.3 Å². The van der Waals surface area contributed by atoms with Gasteiger partial charge in [0.25, 0.3) is 0 Å². The van der Waals surface area contributed by atoms with E-state index in [9.17, 15) is 14.4 Å². The molecule has 0 aliphatic carbocycles. The molecule has 0 aromatic carbocycles. The molecule has 6 heteroatoms. The van der Waals surface area contributed by atoms with Crippen molar-refractivity contribution in [3.05, 3.63) is 0 Å². The zero-order valence-electron chi connectivity index (χ0n) is 12.4. The predicted octanol–water partition coefficient (Wildman–Crippen LogP) is 1.33. The Labute approximate surface area is 113 Å². The molecule has 0 aromatic heterocycles. The number of hydrogen-bond acceptors (Lipinski definition) is 4. The number of carbonyl (C=O) groups excluding carboxylic acids is 2. The summed E-state index contributed by atoms with van der Waals surface area (Å²) >= 11 is 0. The summed E-state index contributed by atoms with van der Waals surface area (Å²) in [6.07, 6.45) is -0.429. The fraction of sp³-hybridized carbons (Fsp3) is 0.769. The highest BCUT2D eigenvalue weighted by molar-refractivity contribution is 5.98. The first kappa shape index (κ1) is 17.4. The normalized spacial score (nSPS) is 13.6. The Balaban J connectivity index is 4.72. The van der Waals surface area contributed by atoms with Crippen LogP contribution in [0.15, 0.2) is 0 Å². The van der Waals surface area contributed by atoms with Gasteiger partial charge in [-0.1, -0.05) is 0 Å². The Hall–Kier alpha value is -1.59. The number of carboxylic acid groups (broad SMARTS) is 1. The van der Waals surface area contributed by atoms with Crippen LogP contribution in [0.3, 0.4) is 0 Å². The van der Waals surface area contributed by atoms with Crippen LogP contribution >= 0.6 is 0 Å². The standard InChI is InChI=1S/C13H23NO5/c1-12(2,3)14-9(15)7-8(10(16)17)11(18)19-13(4,5)6/h8H,7H2,1-6H3,(H,14,15)(H,16,17). The molecule has 0 heterocycles. The third-order valence-corrected chi connectivity index (χ3v) is 1.89. The maximum absolute atomic E-state index is 11.7. The Bertz CT molecular complexity index is 362. The van der Waals surface area contributed by atoms with E-state index in [1.165, 1.54) is 0 Å². The minimum Gasteiger partial charge on any atom is -0.481 e. The smallest absolute Gasteiger partial charge is 0.321 e. The summed E-state index contributed by atoms with van der Waals surface area (Å²) in [5, 5.41) is 11.6. The first-order valence-electron chi connectivity index (χ1n) is 6.08. The molecule has 110 valence electrons. The summed E-state index contributed by atoms with van der Waals surface area (Å²) in [5.41, 5.74) is -1.26. The van der Waals surface area contributed by atoms with E-state index >= 15 is 0 Å². The average molecular weight is 273 g/mol. The number of aliphatic carboxylic acids is 1. The molecule has 0 aliphatic heterocycles. The minimum absolute atomic E-state index is 0.429. The fourth-order valence-corrected chi connectivity index (χ4v) is 1.30. The summed E-state index contributed by atoms with van der Waals surface area (Å²) in [7, 11) is 0. The lowest BCUT2D eigenvalue weighted by molar-refractivity contribution is -0.168. The van der Waals surface area contributed by atoms with E-state index in [1.807, 2.05) is 0 Å². The molecular formula is C13H23NO5. The third-order valence-electron chi connectivity index (χ3n) is 1.89. The van der Waals surface area contributed by atoms with Gasteiger partial charge in [0.1, 0.15) is 5.60 Å². The van der Waals surface area contributed by atoms with Crippen molar-refractivity contribution in [2.24, 2.45) is 5.92 Å². The topological polar surface area (TPSA) is 92.7 Å². The van der Waals surface area contributed by atoms with Gasteiger partial charge in [0.15, 0.2) is 5.92 Å². The molecule has 0 radical (unpaired) electrons. The number of nitrogens with one attached hydrogen (secondary N) is 1. The van der Waals surface area contributed by atoms with E-state index in [2.05, 4.69) is 5.32 Å². The van der Waals surface area contributed by atoms with Crippen molar-refractivity contribution < 1.29 is 24.2 Å². The Morgan fingerprint density at radius 1 is 1.11 bits per heavy atom. The third kappa shape index (κ3) is 8.18. The SMILES string of the molecule is CC(C)(C)NC(=O)CC(C(=O)O)C(=O)OC(C)(C)C. The van der Waals surface area contributed by atoms with Crippen molar-refractivity contribution in [3.8, 4) is 0 Å². The molecule has 0 fully saturated rings. The van der Waals surface area contributed by atoms with Crippen LogP contribution in [-0.4, -0.2) is 34.1 Å². The van der Waals surface area contributed by atoms with E-state index in [-0.39, 0.29) is 0 Å². The van der Waals surface area contributed by atoms with Crippen molar-refractivity contribution in [1.82, 2.24) is 5.32 Å². The molecule has 19 heavy (non-hydrogen) atoms. The summed E-state index contributed by atoms with van der Waals surface area (Å²) in [5.74, 6) is -4.24.